The van der Waals surface area contributed by atoms with Gasteiger partial charge in [0.1, 0.15) is 12.1 Å². The SMILES string of the molecule is CSCCC(NC(=O)C(N)CCCN=C(N)N)C(=O)N1CCCC1C(=O)O. The van der Waals surface area contributed by atoms with Crippen LogP contribution in [0.15, 0.2) is 4.99 Å². The van der Waals surface area contributed by atoms with Crippen LogP contribution in [-0.2, 0) is 14.4 Å². The second-order valence-corrected chi connectivity index (χ2v) is 7.41. The largest absolute Gasteiger partial charge is 0.480 e. The van der Waals surface area contributed by atoms with E-state index in [4.69, 9.17) is 17.2 Å². The summed E-state index contributed by atoms with van der Waals surface area (Å²) in [6, 6.07) is -2.41. The minimum atomic E-state index is -1.02. The van der Waals surface area contributed by atoms with Gasteiger partial charge in [0, 0.05) is 13.1 Å². The fraction of sp³-hybridized carbons (Fsp3) is 0.750. The number of nitrogens with one attached hydrogen (secondary N) is 1. The summed E-state index contributed by atoms with van der Waals surface area (Å²) in [6.07, 6.45) is 4.27. The van der Waals surface area contributed by atoms with E-state index in [1.807, 2.05) is 6.26 Å². The van der Waals surface area contributed by atoms with E-state index in [-0.39, 0.29) is 11.9 Å². The zero-order valence-corrected chi connectivity index (χ0v) is 16.4. The first-order chi connectivity index (χ1) is 12.8. The Labute approximate surface area is 163 Å². The number of carboxylic acids is 1. The van der Waals surface area contributed by atoms with Crippen molar-refractivity contribution in [2.24, 2.45) is 22.2 Å². The van der Waals surface area contributed by atoms with Gasteiger partial charge in [-0.1, -0.05) is 0 Å². The van der Waals surface area contributed by atoms with Crippen molar-refractivity contribution in [2.45, 2.75) is 50.2 Å². The number of rotatable bonds is 11. The van der Waals surface area contributed by atoms with E-state index in [2.05, 4.69) is 10.3 Å². The summed E-state index contributed by atoms with van der Waals surface area (Å²) in [5.41, 5.74) is 16.4. The van der Waals surface area contributed by atoms with Gasteiger partial charge in [-0.05, 0) is 44.1 Å². The molecule has 27 heavy (non-hydrogen) atoms. The molecule has 1 saturated heterocycles. The molecule has 1 aliphatic rings. The molecule has 3 unspecified atom stereocenters. The zero-order valence-electron chi connectivity index (χ0n) is 15.6. The molecule has 3 atom stereocenters. The van der Waals surface area contributed by atoms with Crippen molar-refractivity contribution >= 4 is 35.5 Å². The van der Waals surface area contributed by atoms with Gasteiger partial charge in [-0.3, -0.25) is 14.6 Å². The van der Waals surface area contributed by atoms with Gasteiger partial charge in [-0.2, -0.15) is 11.8 Å². The number of aliphatic imine (C=N–C) groups is 1. The number of carboxylic acid groups (broad SMARTS) is 1. The monoisotopic (exact) mass is 402 g/mol. The fourth-order valence-electron chi connectivity index (χ4n) is 2.91. The molecule has 0 bridgehead atoms. The third-order valence-electron chi connectivity index (χ3n) is 4.35. The number of nitrogens with two attached hydrogens (primary N) is 3. The first-order valence-electron chi connectivity index (χ1n) is 8.91. The Morgan fingerprint density at radius 1 is 1.33 bits per heavy atom. The molecular formula is C16H30N6O4S. The number of thioether (sulfide) groups is 1. The molecule has 10 nitrogen and oxygen atoms in total. The van der Waals surface area contributed by atoms with Crippen molar-refractivity contribution in [3.05, 3.63) is 0 Å². The molecule has 8 N–H and O–H groups in total. The van der Waals surface area contributed by atoms with Crippen molar-refractivity contribution in [1.82, 2.24) is 10.2 Å². The number of carbonyl (C=O) groups is 3. The third-order valence-corrected chi connectivity index (χ3v) is 4.99. The van der Waals surface area contributed by atoms with Crippen molar-refractivity contribution in [1.29, 1.82) is 0 Å². The number of amides is 2. The summed E-state index contributed by atoms with van der Waals surface area (Å²) in [5, 5.41) is 12.0. The number of aliphatic carboxylic acids is 1. The quantitative estimate of drug-likeness (QED) is 0.160. The highest BCUT2D eigenvalue weighted by Gasteiger charge is 2.37. The maximum atomic E-state index is 12.8. The molecule has 0 aromatic heterocycles. The van der Waals surface area contributed by atoms with Gasteiger partial charge in [0.25, 0.3) is 0 Å². The molecule has 1 aliphatic heterocycles. The summed E-state index contributed by atoms with van der Waals surface area (Å²) in [6.45, 7) is 0.748. The predicted molar refractivity (Wildman–Crippen MR) is 105 cm³/mol. The lowest BCUT2D eigenvalue weighted by atomic mass is 10.1. The lowest BCUT2D eigenvalue weighted by molar-refractivity contribution is -0.149. The zero-order chi connectivity index (χ0) is 20.4. The molecule has 0 aromatic carbocycles. The summed E-state index contributed by atoms with van der Waals surface area (Å²) < 4.78 is 0. The Morgan fingerprint density at radius 3 is 2.63 bits per heavy atom. The van der Waals surface area contributed by atoms with Gasteiger partial charge in [-0.25, -0.2) is 4.79 Å². The van der Waals surface area contributed by atoms with Gasteiger partial charge in [0.05, 0.1) is 6.04 Å². The molecule has 0 radical (unpaired) electrons. The Kier molecular flexibility index (Phi) is 9.94. The van der Waals surface area contributed by atoms with E-state index in [0.717, 1.165) is 0 Å². The lowest BCUT2D eigenvalue weighted by Gasteiger charge is -2.28. The molecule has 0 saturated carbocycles. The molecule has 0 spiro atoms. The van der Waals surface area contributed by atoms with Crippen molar-refractivity contribution in [2.75, 3.05) is 25.1 Å². The average molecular weight is 403 g/mol. The van der Waals surface area contributed by atoms with E-state index in [9.17, 15) is 19.5 Å². The van der Waals surface area contributed by atoms with Gasteiger partial charge in [0.15, 0.2) is 5.96 Å². The average Bonchev–Trinajstić information content (AvgIpc) is 3.11. The summed E-state index contributed by atoms with van der Waals surface area (Å²) in [5.74, 6) is -1.19. The second kappa shape index (κ2) is 11.7. The first-order valence-corrected chi connectivity index (χ1v) is 10.3. The number of hydrogen-bond donors (Lipinski definition) is 5. The van der Waals surface area contributed by atoms with E-state index < -0.39 is 30.0 Å². The Morgan fingerprint density at radius 2 is 2.04 bits per heavy atom. The van der Waals surface area contributed by atoms with Gasteiger partial charge < -0.3 is 32.5 Å². The van der Waals surface area contributed by atoms with Crippen LogP contribution in [0.5, 0.6) is 0 Å². The molecule has 1 heterocycles. The number of nitrogens with zero attached hydrogens (tertiary/aromatic N) is 2. The van der Waals surface area contributed by atoms with E-state index in [1.54, 1.807) is 11.8 Å². The van der Waals surface area contributed by atoms with E-state index in [1.165, 1.54) is 4.90 Å². The van der Waals surface area contributed by atoms with Crippen LogP contribution in [-0.4, -0.2) is 77.0 Å². The third kappa shape index (κ3) is 7.63. The molecule has 11 heteroatoms. The molecule has 0 aliphatic carbocycles. The molecule has 2 amide bonds. The van der Waals surface area contributed by atoms with Crippen molar-refractivity contribution in [3.8, 4) is 0 Å². The van der Waals surface area contributed by atoms with Crippen LogP contribution in [0.4, 0.5) is 0 Å². The highest BCUT2D eigenvalue weighted by atomic mass is 32.2. The van der Waals surface area contributed by atoms with Crippen LogP contribution in [0, 0.1) is 0 Å². The van der Waals surface area contributed by atoms with Crippen molar-refractivity contribution in [3.63, 3.8) is 0 Å². The van der Waals surface area contributed by atoms with Crippen LogP contribution in [0.25, 0.3) is 0 Å². The Balaban J connectivity index is 2.67. The van der Waals surface area contributed by atoms with E-state index in [0.29, 0.717) is 50.9 Å². The highest BCUT2D eigenvalue weighted by molar-refractivity contribution is 7.98. The second-order valence-electron chi connectivity index (χ2n) is 6.43. The van der Waals surface area contributed by atoms with Crippen LogP contribution in [0.3, 0.4) is 0 Å². The number of hydrogen-bond acceptors (Lipinski definition) is 6. The molecule has 154 valence electrons. The molecular weight excluding hydrogens is 372 g/mol. The van der Waals surface area contributed by atoms with Gasteiger partial charge >= 0.3 is 5.97 Å². The highest BCUT2D eigenvalue weighted by Crippen LogP contribution is 2.19. The van der Waals surface area contributed by atoms with Crippen molar-refractivity contribution < 1.29 is 19.5 Å². The van der Waals surface area contributed by atoms with Crippen LogP contribution < -0.4 is 22.5 Å². The number of likely N-dealkylation sites (tertiary alicyclic amines) is 1. The maximum absolute atomic E-state index is 12.8. The fourth-order valence-corrected chi connectivity index (χ4v) is 3.38. The van der Waals surface area contributed by atoms with Gasteiger partial charge in [-0.15, -0.1) is 0 Å². The first kappa shape index (κ1) is 23.0. The maximum Gasteiger partial charge on any atom is 0.326 e. The normalized spacial score (nSPS) is 18.6. The summed E-state index contributed by atoms with van der Waals surface area (Å²) in [4.78, 5) is 41.7. The topological polar surface area (TPSA) is 177 Å². The van der Waals surface area contributed by atoms with Gasteiger partial charge in [0.2, 0.25) is 11.8 Å². The predicted octanol–water partition coefficient (Wildman–Crippen LogP) is -1.32. The molecule has 0 aromatic rings. The summed E-state index contributed by atoms with van der Waals surface area (Å²) >= 11 is 1.54. The smallest absolute Gasteiger partial charge is 0.326 e. The lowest BCUT2D eigenvalue weighted by Crippen LogP contribution is -2.54. The minimum Gasteiger partial charge on any atom is -0.480 e. The number of guanidine groups is 1. The molecule has 1 rings (SSSR count). The van der Waals surface area contributed by atoms with Crippen LogP contribution in [0.1, 0.15) is 32.1 Å². The van der Waals surface area contributed by atoms with Crippen LogP contribution in [0.2, 0.25) is 0 Å². The standard InChI is InChI=1S/C16H30N6O4S/c1-27-9-6-11(14(24)22-8-3-5-12(22)15(25)26)21-13(23)10(17)4-2-7-20-16(18)19/h10-12H,2-9,17H2,1H3,(H,21,23)(H,25,26)(H4,18,19,20). The number of carbonyl (C=O) groups excluding carboxylic acids is 2. The minimum absolute atomic E-state index is 0.0191. The Hall–Kier alpha value is -2.01. The van der Waals surface area contributed by atoms with Crippen LogP contribution >= 0.6 is 11.8 Å². The Bertz CT molecular complexity index is 555. The summed E-state index contributed by atoms with van der Waals surface area (Å²) in [7, 11) is 0. The molecule has 1 fully saturated rings. The van der Waals surface area contributed by atoms with E-state index >= 15 is 0 Å².